The van der Waals surface area contributed by atoms with Gasteiger partial charge in [-0.05, 0) is 54.8 Å². The van der Waals surface area contributed by atoms with Crippen LogP contribution in [0.1, 0.15) is 34.0 Å². The molecular weight excluding hydrogens is 362 g/mol. The van der Waals surface area contributed by atoms with Crippen LogP contribution in [0.25, 0.3) is 16.9 Å². The molecule has 4 aromatic rings. The van der Waals surface area contributed by atoms with E-state index in [-0.39, 0.29) is 5.91 Å². The molecule has 0 radical (unpaired) electrons. The molecule has 29 heavy (non-hydrogen) atoms. The number of aromatic nitrogens is 4. The quantitative estimate of drug-likeness (QED) is 0.541. The van der Waals surface area contributed by atoms with Gasteiger partial charge in [-0.2, -0.15) is 0 Å². The summed E-state index contributed by atoms with van der Waals surface area (Å²) >= 11 is 0. The molecule has 0 saturated carbocycles. The number of carbonyl (C=O) groups excluding carboxylic acids is 1. The number of pyridine rings is 3. The monoisotopic (exact) mass is 383 g/mol. The maximum absolute atomic E-state index is 13.0. The lowest BCUT2D eigenvalue weighted by atomic mass is 9.97. The van der Waals surface area contributed by atoms with Crippen molar-refractivity contribution < 1.29 is 4.79 Å². The number of amides is 1. The van der Waals surface area contributed by atoms with Gasteiger partial charge in [0.25, 0.3) is 5.91 Å². The number of fused-ring (bicyclic) bond motifs is 1. The lowest BCUT2D eigenvalue weighted by molar-refractivity contribution is 0.0785. The summed E-state index contributed by atoms with van der Waals surface area (Å²) < 4.78 is 1.92. The number of nitrogens with zero attached hydrogens (tertiary/aromatic N) is 5. The zero-order valence-corrected chi connectivity index (χ0v) is 16.2. The van der Waals surface area contributed by atoms with Crippen LogP contribution in [-0.4, -0.2) is 43.2 Å². The van der Waals surface area contributed by atoms with Gasteiger partial charge in [0.2, 0.25) is 0 Å². The molecule has 1 aliphatic heterocycles. The normalized spacial score (nSPS) is 16.4. The highest BCUT2D eigenvalue weighted by Crippen LogP contribution is 2.30. The highest BCUT2D eigenvalue weighted by atomic mass is 16.2. The van der Waals surface area contributed by atoms with E-state index in [0.717, 1.165) is 35.4 Å². The van der Waals surface area contributed by atoms with Crippen LogP contribution in [0.3, 0.4) is 0 Å². The second kappa shape index (κ2) is 7.13. The predicted octanol–water partition coefficient (Wildman–Crippen LogP) is 3.73. The van der Waals surface area contributed by atoms with Crippen molar-refractivity contribution >= 4 is 11.6 Å². The molecule has 6 heteroatoms. The minimum Gasteiger partial charge on any atom is -0.337 e. The van der Waals surface area contributed by atoms with Crippen molar-refractivity contribution in [3.63, 3.8) is 0 Å². The molecule has 144 valence electrons. The first-order valence-corrected chi connectivity index (χ1v) is 9.79. The van der Waals surface area contributed by atoms with Crippen LogP contribution in [0.2, 0.25) is 0 Å². The Morgan fingerprint density at radius 3 is 2.83 bits per heavy atom. The smallest absolute Gasteiger partial charge is 0.274 e. The number of likely N-dealkylation sites (tertiary alicyclic amines) is 1. The van der Waals surface area contributed by atoms with E-state index in [1.165, 1.54) is 5.56 Å². The lowest BCUT2D eigenvalue weighted by Crippen LogP contribution is -2.28. The molecule has 1 atom stereocenters. The molecule has 1 amide bonds. The van der Waals surface area contributed by atoms with Crippen molar-refractivity contribution in [2.24, 2.45) is 0 Å². The number of rotatable bonds is 3. The summed E-state index contributed by atoms with van der Waals surface area (Å²) in [6, 6.07) is 12.1. The SMILES string of the molecule is Cc1cccn2cc(C(=O)N3CCC(c4ccnc(-c5ccncc5)c4)C3)nc12. The fraction of sp³-hybridized carbons (Fsp3) is 0.217. The average molecular weight is 383 g/mol. The van der Waals surface area contributed by atoms with E-state index >= 15 is 0 Å². The fourth-order valence-electron chi connectivity index (χ4n) is 4.02. The molecular formula is C23H21N5O. The van der Waals surface area contributed by atoms with Gasteiger partial charge in [-0.3, -0.25) is 14.8 Å². The van der Waals surface area contributed by atoms with Gasteiger partial charge in [0.15, 0.2) is 0 Å². The molecule has 0 aliphatic carbocycles. The zero-order chi connectivity index (χ0) is 19.8. The summed E-state index contributed by atoms with van der Waals surface area (Å²) in [6.07, 6.45) is 10.1. The molecule has 4 aromatic heterocycles. The Morgan fingerprint density at radius 1 is 1.14 bits per heavy atom. The minimum absolute atomic E-state index is 0.000914. The van der Waals surface area contributed by atoms with Crippen molar-refractivity contribution in [2.45, 2.75) is 19.3 Å². The van der Waals surface area contributed by atoms with Gasteiger partial charge in [0, 0.05) is 55.6 Å². The topological polar surface area (TPSA) is 63.4 Å². The number of hydrogen-bond donors (Lipinski definition) is 0. The van der Waals surface area contributed by atoms with Gasteiger partial charge in [-0.15, -0.1) is 0 Å². The van der Waals surface area contributed by atoms with E-state index in [0.29, 0.717) is 18.2 Å². The average Bonchev–Trinajstić information content (AvgIpc) is 3.42. The van der Waals surface area contributed by atoms with Crippen molar-refractivity contribution in [3.05, 3.63) is 84.2 Å². The lowest BCUT2D eigenvalue weighted by Gasteiger charge is -2.15. The number of hydrogen-bond acceptors (Lipinski definition) is 4. The molecule has 0 aromatic carbocycles. The van der Waals surface area contributed by atoms with Crippen molar-refractivity contribution in [3.8, 4) is 11.3 Å². The second-order valence-electron chi connectivity index (χ2n) is 7.50. The minimum atomic E-state index is -0.000914. The molecule has 5 heterocycles. The van der Waals surface area contributed by atoms with Crippen LogP contribution in [0.5, 0.6) is 0 Å². The van der Waals surface area contributed by atoms with Crippen molar-refractivity contribution in [2.75, 3.05) is 13.1 Å². The highest BCUT2D eigenvalue weighted by molar-refractivity contribution is 5.93. The van der Waals surface area contributed by atoms with Crippen LogP contribution in [0.15, 0.2) is 67.4 Å². The maximum Gasteiger partial charge on any atom is 0.274 e. The largest absolute Gasteiger partial charge is 0.337 e. The zero-order valence-electron chi connectivity index (χ0n) is 16.2. The second-order valence-corrected chi connectivity index (χ2v) is 7.50. The Kier molecular flexibility index (Phi) is 4.31. The van der Waals surface area contributed by atoms with Gasteiger partial charge in [0.05, 0.1) is 5.69 Å². The Morgan fingerprint density at radius 2 is 2.00 bits per heavy atom. The third kappa shape index (κ3) is 3.27. The summed E-state index contributed by atoms with van der Waals surface area (Å²) in [5, 5.41) is 0. The summed E-state index contributed by atoms with van der Waals surface area (Å²) in [5.41, 5.74) is 5.60. The molecule has 0 bridgehead atoms. The van der Waals surface area contributed by atoms with Gasteiger partial charge in [-0.25, -0.2) is 4.98 Å². The van der Waals surface area contributed by atoms with Crippen LogP contribution < -0.4 is 0 Å². The third-order valence-corrected chi connectivity index (χ3v) is 5.60. The molecule has 1 unspecified atom stereocenters. The van der Waals surface area contributed by atoms with E-state index < -0.39 is 0 Å². The van der Waals surface area contributed by atoms with E-state index in [2.05, 4.69) is 27.1 Å². The van der Waals surface area contributed by atoms with Gasteiger partial charge in [-0.1, -0.05) is 6.07 Å². The highest BCUT2D eigenvalue weighted by Gasteiger charge is 2.29. The number of carbonyl (C=O) groups is 1. The Hall–Kier alpha value is -3.54. The molecule has 1 fully saturated rings. The van der Waals surface area contributed by atoms with Crippen molar-refractivity contribution in [1.82, 2.24) is 24.3 Å². The van der Waals surface area contributed by atoms with Crippen molar-refractivity contribution in [1.29, 1.82) is 0 Å². The van der Waals surface area contributed by atoms with Crippen LogP contribution in [-0.2, 0) is 0 Å². The van der Waals surface area contributed by atoms with E-state index in [9.17, 15) is 4.79 Å². The first-order chi connectivity index (χ1) is 14.2. The standard InChI is InChI=1S/C23H21N5O/c1-16-3-2-11-27-15-21(26-22(16)27)23(29)28-12-7-19(14-28)18-6-10-25-20(13-18)17-4-8-24-9-5-17/h2-6,8-11,13,15,19H,7,12,14H2,1H3. The summed E-state index contributed by atoms with van der Waals surface area (Å²) in [6.45, 7) is 3.45. The van der Waals surface area contributed by atoms with Gasteiger partial charge >= 0.3 is 0 Å². The molecule has 1 aliphatic rings. The Bertz CT molecular complexity index is 1180. The Balaban J connectivity index is 1.36. The van der Waals surface area contributed by atoms with Gasteiger partial charge < -0.3 is 9.30 Å². The first kappa shape index (κ1) is 17.6. The fourth-order valence-corrected chi connectivity index (χ4v) is 4.02. The summed E-state index contributed by atoms with van der Waals surface area (Å²) in [4.78, 5) is 28.1. The molecule has 0 spiro atoms. The third-order valence-electron chi connectivity index (χ3n) is 5.60. The van der Waals surface area contributed by atoms with Gasteiger partial charge in [0.1, 0.15) is 11.3 Å². The first-order valence-electron chi connectivity index (χ1n) is 9.79. The number of imidazole rings is 1. The summed E-state index contributed by atoms with van der Waals surface area (Å²) in [5.74, 6) is 0.306. The molecule has 5 rings (SSSR count). The predicted molar refractivity (Wildman–Crippen MR) is 111 cm³/mol. The maximum atomic E-state index is 13.0. The Labute approximate surface area is 168 Å². The summed E-state index contributed by atoms with van der Waals surface area (Å²) in [7, 11) is 0. The molecule has 1 saturated heterocycles. The molecule has 0 N–H and O–H groups in total. The van der Waals surface area contributed by atoms with Crippen LogP contribution in [0.4, 0.5) is 0 Å². The van der Waals surface area contributed by atoms with E-state index in [4.69, 9.17) is 0 Å². The van der Waals surface area contributed by atoms with E-state index in [1.54, 1.807) is 12.4 Å². The number of aryl methyl sites for hydroxylation is 1. The van der Waals surface area contributed by atoms with Crippen LogP contribution in [0, 0.1) is 6.92 Å². The molecule has 6 nitrogen and oxygen atoms in total. The van der Waals surface area contributed by atoms with Crippen LogP contribution >= 0.6 is 0 Å². The van der Waals surface area contributed by atoms with E-state index in [1.807, 2.05) is 59.1 Å².